The fourth-order valence-corrected chi connectivity index (χ4v) is 3.30. The zero-order valence-electron chi connectivity index (χ0n) is 13.3. The van der Waals surface area contributed by atoms with Crippen molar-refractivity contribution in [1.29, 1.82) is 0 Å². The maximum absolute atomic E-state index is 6.18. The van der Waals surface area contributed by atoms with Crippen LogP contribution in [0.4, 0.5) is 5.82 Å². The van der Waals surface area contributed by atoms with Crippen LogP contribution in [0.15, 0.2) is 18.2 Å². The van der Waals surface area contributed by atoms with Crippen molar-refractivity contribution in [3.63, 3.8) is 0 Å². The van der Waals surface area contributed by atoms with Gasteiger partial charge in [-0.05, 0) is 25.2 Å². The lowest BCUT2D eigenvalue weighted by Crippen LogP contribution is -2.45. The Kier molecular flexibility index (Phi) is 3.16. The maximum Gasteiger partial charge on any atom is 0.199 e. The third-order valence-electron chi connectivity index (χ3n) is 4.64. The standard InChI is InChI=1S/C16H17ClN6O/c1-21-4-6-22(7-5-21)15-16-19-14(13-9-24-13)20-23(16)12-8-10(17)2-3-11(12)18-15/h2-3,8,13H,4-7,9H2,1H3. The van der Waals surface area contributed by atoms with Gasteiger partial charge in [0, 0.05) is 31.2 Å². The molecule has 3 aromatic rings. The predicted octanol–water partition coefficient (Wildman–Crippen LogP) is 1.75. The number of ether oxygens (including phenoxy) is 1. The number of piperazine rings is 1. The summed E-state index contributed by atoms with van der Waals surface area (Å²) in [6.45, 7) is 4.58. The molecule has 2 fully saturated rings. The van der Waals surface area contributed by atoms with Gasteiger partial charge in [0.15, 0.2) is 17.3 Å². The van der Waals surface area contributed by atoms with Crippen LogP contribution in [0.5, 0.6) is 0 Å². The lowest BCUT2D eigenvalue weighted by Gasteiger charge is -2.33. The minimum atomic E-state index is 0.0134. The summed E-state index contributed by atoms with van der Waals surface area (Å²) in [5.41, 5.74) is 2.52. The highest BCUT2D eigenvalue weighted by atomic mass is 35.5. The molecule has 1 atom stereocenters. The Bertz CT molecular complexity index is 929. The minimum absolute atomic E-state index is 0.0134. The Morgan fingerprint density at radius 3 is 2.71 bits per heavy atom. The molecule has 1 aromatic carbocycles. The summed E-state index contributed by atoms with van der Waals surface area (Å²) in [5.74, 6) is 1.61. The van der Waals surface area contributed by atoms with E-state index in [2.05, 4.69) is 21.9 Å². The molecule has 0 spiro atoms. The molecule has 0 bridgehead atoms. The van der Waals surface area contributed by atoms with Gasteiger partial charge in [-0.15, -0.1) is 5.10 Å². The van der Waals surface area contributed by atoms with Gasteiger partial charge >= 0.3 is 0 Å². The van der Waals surface area contributed by atoms with Crippen LogP contribution in [0.2, 0.25) is 5.02 Å². The van der Waals surface area contributed by atoms with E-state index in [4.69, 9.17) is 26.3 Å². The van der Waals surface area contributed by atoms with E-state index in [9.17, 15) is 0 Å². The van der Waals surface area contributed by atoms with Crippen molar-refractivity contribution in [3.8, 4) is 0 Å². The highest BCUT2D eigenvalue weighted by molar-refractivity contribution is 6.31. The van der Waals surface area contributed by atoms with Crippen molar-refractivity contribution in [2.24, 2.45) is 0 Å². The molecule has 2 aliphatic heterocycles. The quantitative estimate of drug-likeness (QED) is 0.660. The number of epoxide rings is 1. The van der Waals surface area contributed by atoms with Gasteiger partial charge in [0.2, 0.25) is 0 Å². The molecule has 2 aliphatic rings. The Morgan fingerprint density at radius 1 is 1.17 bits per heavy atom. The monoisotopic (exact) mass is 344 g/mol. The Labute approximate surface area is 143 Å². The first-order chi connectivity index (χ1) is 11.7. The lowest BCUT2D eigenvalue weighted by atomic mass is 10.3. The minimum Gasteiger partial charge on any atom is -0.365 e. The SMILES string of the molecule is CN1CCN(c2nc3ccc(Cl)cc3n3nc(C4CO4)nc23)CC1. The number of likely N-dealkylation sites (N-methyl/N-ethyl adjacent to an activating group) is 1. The van der Waals surface area contributed by atoms with Gasteiger partial charge in [-0.25, -0.2) is 14.5 Å². The van der Waals surface area contributed by atoms with Gasteiger partial charge in [0.05, 0.1) is 17.6 Å². The third-order valence-corrected chi connectivity index (χ3v) is 4.87. The van der Waals surface area contributed by atoms with Crippen molar-refractivity contribution >= 4 is 34.1 Å². The van der Waals surface area contributed by atoms with Gasteiger partial charge < -0.3 is 14.5 Å². The normalized spacial score (nSPS) is 21.8. The molecule has 5 rings (SSSR count). The number of anilines is 1. The molecule has 2 aromatic heterocycles. The van der Waals surface area contributed by atoms with Crippen LogP contribution in [0.3, 0.4) is 0 Å². The first-order valence-corrected chi connectivity index (χ1v) is 8.48. The summed E-state index contributed by atoms with van der Waals surface area (Å²) in [6.07, 6.45) is 0.0134. The molecule has 0 radical (unpaired) electrons. The summed E-state index contributed by atoms with van der Waals surface area (Å²) < 4.78 is 7.21. The molecule has 0 aliphatic carbocycles. The van der Waals surface area contributed by atoms with E-state index in [-0.39, 0.29) is 6.10 Å². The van der Waals surface area contributed by atoms with E-state index in [0.29, 0.717) is 11.6 Å². The summed E-state index contributed by atoms with van der Waals surface area (Å²) in [7, 11) is 2.14. The van der Waals surface area contributed by atoms with Gasteiger partial charge in [-0.3, -0.25) is 0 Å². The van der Waals surface area contributed by atoms with Crippen LogP contribution in [-0.4, -0.2) is 64.3 Å². The molecule has 24 heavy (non-hydrogen) atoms. The molecule has 0 N–H and O–H groups in total. The molecule has 4 heterocycles. The summed E-state index contributed by atoms with van der Waals surface area (Å²) in [5, 5.41) is 5.32. The number of hydrogen-bond donors (Lipinski definition) is 0. The smallest absolute Gasteiger partial charge is 0.199 e. The average molecular weight is 345 g/mol. The molecule has 0 amide bonds. The topological polar surface area (TPSA) is 62.1 Å². The first-order valence-electron chi connectivity index (χ1n) is 8.10. The van der Waals surface area contributed by atoms with Crippen LogP contribution >= 0.6 is 11.6 Å². The molecular formula is C16H17ClN6O. The second kappa shape index (κ2) is 5.27. The Balaban J connectivity index is 1.73. The zero-order chi connectivity index (χ0) is 16.3. The highest BCUT2D eigenvalue weighted by Crippen LogP contribution is 2.31. The molecule has 1 unspecified atom stereocenters. The average Bonchev–Trinajstić information content (AvgIpc) is 3.34. The van der Waals surface area contributed by atoms with E-state index in [0.717, 1.165) is 54.5 Å². The van der Waals surface area contributed by atoms with Crippen molar-refractivity contribution in [2.45, 2.75) is 6.10 Å². The summed E-state index contributed by atoms with van der Waals surface area (Å²) in [4.78, 5) is 14.2. The zero-order valence-corrected chi connectivity index (χ0v) is 14.1. The fourth-order valence-electron chi connectivity index (χ4n) is 3.13. The number of halogens is 1. The number of rotatable bonds is 2. The molecule has 0 saturated carbocycles. The van der Waals surface area contributed by atoms with E-state index in [1.54, 1.807) is 0 Å². The molecule has 2 saturated heterocycles. The Morgan fingerprint density at radius 2 is 1.96 bits per heavy atom. The van der Waals surface area contributed by atoms with Crippen LogP contribution in [0.1, 0.15) is 11.9 Å². The van der Waals surface area contributed by atoms with Gasteiger partial charge in [0.25, 0.3) is 0 Å². The van der Waals surface area contributed by atoms with Gasteiger partial charge in [-0.2, -0.15) is 0 Å². The van der Waals surface area contributed by atoms with Crippen molar-refractivity contribution in [2.75, 3.05) is 44.7 Å². The summed E-state index contributed by atoms with van der Waals surface area (Å²) in [6, 6.07) is 5.68. The second-order valence-corrected chi connectivity index (χ2v) is 6.82. The van der Waals surface area contributed by atoms with Crippen molar-refractivity contribution in [3.05, 3.63) is 29.0 Å². The maximum atomic E-state index is 6.18. The predicted molar refractivity (Wildman–Crippen MR) is 91.7 cm³/mol. The van der Waals surface area contributed by atoms with Gasteiger partial charge in [-0.1, -0.05) is 11.6 Å². The number of hydrogen-bond acceptors (Lipinski definition) is 6. The van der Waals surface area contributed by atoms with E-state index < -0.39 is 0 Å². The van der Waals surface area contributed by atoms with Crippen LogP contribution in [0, 0.1) is 0 Å². The lowest BCUT2D eigenvalue weighted by molar-refractivity contribution is 0.312. The number of aromatic nitrogens is 4. The van der Waals surface area contributed by atoms with Gasteiger partial charge in [0.1, 0.15) is 6.10 Å². The number of nitrogens with zero attached hydrogens (tertiary/aromatic N) is 6. The van der Waals surface area contributed by atoms with E-state index in [1.807, 2.05) is 22.7 Å². The number of fused-ring (bicyclic) bond motifs is 3. The first kappa shape index (κ1) is 14.4. The molecule has 124 valence electrons. The van der Waals surface area contributed by atoms with Crippen LogP contribution in [-0.2, 0) is 4.74 Å². The second-order valence-electron chi connectivity index (χ2n) is 6.39. The molecule has 8 heteroatoms. The van der Waals surface area contributed by atoms with Crippen LogP contribution in [0.25, 0.3) is 16.7 Å². The van der Waals surface area contributed by atoms with Crippen LogP contribution < -0.4 is 4.90 Å². The van der Waals surface area contributed by atoms with E-state index in [1.165, 1.54) is 0 Å². The fraction of sp³-hybridized carbons (Fsp3) is 0.438. The Hall–Kier alpha value is -1.96. The van der Waals surface area contributed by atoms with E-state index >= 15 is 0 Å². The largest absolute Gasteiger partial charge is 0.365 e. The summed E-state index contributed by atoms with van der Waals surface area (Å²) >= 11 is 6.18. The molecular weight excluding hydrogens is 328 g/mol. The third kappa shape index (κ3) is 2.31. The number of benzene rings is 1. The van der Waals surface area contributed by atoms with Crippen molar-refractivity contribution < 1.29 is 4.74 Å². The highest BCUT2D eigenvalue weighted by Gasteiger charge is 2.31. The van der Waals surface area contributed by atoms with Crippen molar-refractivity contribution in [1.82, 2.24) is 24.5 Å². The molecule has 7 nitrogen and oxygen atoms in total.